The van der Waals surface area contributed by atoms with Crippen molar-refractivity contribution < 1.29 is 0 Å². The summed E-state index contributed by atoms with van der Waals surface area (Å²) in [6.07, 6.45) is 4.81. The third kappa shape index (κ3) is 3.81. The van der Waals surface area contributed by atoms with Crippen LogP contribution >= 0.6 is 11.8 Å². The number of hydrogen-bond donors (Lipinski definition) is 1. The minimum atomic E-state index is 0.302. The summed E-state index contributed by atoms with van der Waals surface area (Å²) in [6.45, 7) is 4.21. The molecule has 0 fully saturated rings. The minimum absolute atomic E-state index is 0.302. The molecule has 1 N–H and O–H groups in total. The SMILES string of the molecule is CCC(Sc1ncc(C)cn1)C(NC)c1ccccc1. The molecule has 4 heteroatoms. The average Bonchev–Trinajstić information content (AvgIpc) is 2.50. The Morgan fingerprint density at radius 3 is 2.35 bits per heavy atom. The van der Waals surface area contributed by atoms with Gasteiger partial charge in [-0.25, -0.2) is 9.97 Å². The molecule has 0 aliphatic heterocycles. The molecule has 1 heterocycles. The fourth-order valence-electron chi connectivity index (χ4n) is 2.19. The van der Waals surface area contributed by atoms with Crippen LogP contribution in [0.2, 0.25) is 0 Å². The molecule has 2 aromatic rings. The van der Waals surface area contributed by atoms with E-state index in [1.807, 2.05) is 32.4 Å². The molecule has 0 aliphatic carbocycles. The van der Waals surface area contributed by atoms with Crippen molar-refractivity contribution in [3.63, 3.8) is 0 Å². The second-order valence-corrected chi connectivity index (χ2v) is 5.99. The monoisotopic (exact) mass is 287 g/mol. The molecular formula is C16H21N3S. The Hall–Kier alpha value is -1.39. The molecule has 1 aromatic carbocycles. The van der Waals surface area contributed by atoms with E-state index in [1.54, 1.807) is 11.8 Å². The van der Waals surface area contributed by atoms with Gasteiger partial charge in [0.15, 0.2) is 5.16 Å². The van der Waals surface area contributed by atoms with Crippen molar-refractivity contribution in [2.45, 2.75) is 36.7 Å². The van der Waals surface area contributed by atoms with Gasteiger partial charge < -0.3 is 5.32 Å². The van der Waals surface area contributed by atoms with Crippen molar-refractivity contribution in [1.82, 2.24) is 15.3 Å². The Labute approximate surface area is 125 Å². The maximum atomic E-state index is 4.40. The Kier molecular flexibility index (Phi) is 5.56. The molecule has 2 atom stereocenters. The van der Waals surface area contributed by atoms with E-state index in [9.17, 15) is 0 Å². The molecule has 0 bridgehead atoms. The topological polar surface area (TPSA) is 37.8 Å². The number of rotatable bonds is 6. The summed E-state index contributed by atoms with van der Waals surface area (Å²) in [5.41, 5.74) is 2.40. The lowest BCUT2D eigenvalue weighted by Gasteiger charge is -2.25. The summed E-state index contributed by atoms with van der Waals surface area (Å²) in [4.78, 5) is 8.80. The van der Waals surface area contributed by atoms with Crippen LogP contribution < -0.4 is 5.32 Å². The molecule has 0 saturated carbocycles. The number of thioether (sulfide) groups is 1. The van der Waals surface area contributed by atoms with Gasteiger partial charge in [-0.3, -0.25) is 0 Å². The van der Waals surface area contributed by atoms with Crippen LogP contribution in [0.3, 0.4) is 0 Å². The van der Waals surface area contributed by atoms with Gasteiger partial charge in [0.05, 0.1) is 0 Å². The summed E-state index contributed by atoms with van der Waals surface area (Å²) < 4.78 is 0. The van der Waals surface area contributed by atoms with Crippen LogP contribution in [0, 0.1) is 6.92 Å². The first-order valence-corrected chi connectivity index (χ1v) is 7.80. The summed E-state index contributed by atoms with van der Waals surface area (Å²) in [5, 5.41) is 4.68. The summed E-state index contributed by atoms with van der Waals surface area (Å²) in [7, 11) is 2.01. The largest absolute Gasteiger partial charge is 0.312 e. The predicted molar refractivity (Wildman–Crippen MR) is 84.9 cm³/mol. The van der Waals surface area contributed by atoms with Crippen LogP contribution in [0.4, 0.5) is 0 Å². The number of nitrogens with zero attached hydrogens (tertiary/aromatic N) is 2. The third-order valence-electron chi connectivity index (χ3n) is 3.26. The summed E-state index contributed by atoms with van der Waals surface area (Å²) in [5.74, 6) is 0. The molecule has 0 amide bonds. The van der Waals surface area contributed by atoms with Gasteiger partial charge in [0.25, 0.3) is 0 Å². The highest BCUT2D eigenvalue weighted by Gasteiger charge is 2.22. The fourth-order valence-corrected chi connectivity index (χ4v) is 3.29. The molecule has 1 aromatic heterocycles. The fraction of sp³-hybridized carbons (Fsp3) is 0.375. The van der Waals surface area contributed by atoms with Crippen molar-refractivity contribution >= 4 is 11.8 Å². The molecule has 2 unspecified atom stereocenters. The lowest BCUT2D eigenvalue weighted by atomic mass is 10.0. The van der Waals surface area contributed by atoms with Gasteiger partial charge in [-0.2, -0.15) is 0 Å². The van der Waals surface area contributed by atoms with Gasteiger partial charge in [-0.15, -0.1) is 0 Å². The van der Waals surface area contributed by atoms with Crippen molar-refractivity contribution in [3.05, 3.63) is 53.9 Å². The van der Waals surface area contributed by atoms with Crippen molar-refractivity contribution in [2.75, 3.05) is 7.05 Å². The van der Waals surface area contributed by atoms with E-state index in [-0.39, 0.29) is 0 Å². The van der Waals surface area contributed by atoms with Crippen LogP contribution in [-0.2, 0) is 0 Å². The van der Waals surface area contributed by atoms with Crippen LogP contribution in [0.15, 0.2) is 47.9 Å². The van der Waals surface area contributed by atoms with Gasteiger partial charge in [0, 0.05) is 23.7 Å². The zero-order valence-corrected chi connectivity index (χ0v) is 13.0. The first-order valence-electron chi connectivity index (χ1n) is 6.92. The van der Waals surface area contributed by atoms with E-state index < -0.39 is 0 Å². The van der Waals surface area contributed by atoms with Crippen LogP contribution in [0.5, 0.6) is 0 Å². The predicted octanol–water partition coefficient (Wildman–Crippen LogP) is 3.62. The number of nitrogens with one attached hydrogen (secondary N) is 1. The van der Waals surface area contributed by atoms with Crippen molar-refractivity contribution in [3.8, 4) is 0 Å². The van der Waals surface area contributed by atoms with Gasteiger partial charge in [0.2, 0.25) is 0 Å². The van der Waals surface area contributed by atoms with Crippen molar-refractivity contribution in [2.24, 2.45) is 0 Å². The van der Waals surface area contributed by atoms with E-state index in [4.69, 9.17) is 0 Å². The van der Waals surface area contributed by atoms with Gasteiger partial charge in [-0.05, 0) is 31.5 Å². The highest BCUT2D eigenvalue weighted by atomic mass is 32.2. The summed E-state index contributed by atoms with van der Waals surface area (Å²) in [6, 6.07) is 10.9. The van der Waals surface area contributed by atoms with E-state index in [2.05, 4.69) is 46.5 Å². The van der Waals surface area contributed by atoms with Crippen LogP contribution in [0.1, 0.15) is 30.5 Å². The second kappa shape index (κ2) is 7.41. The molecule has 0 spiro atoms. The number of benzene rings is 1. The first-order chi connectivity index (χ1) is 9.74. The molecular weight excluding hydrogens is 266 g/mol. The van der Waals surface area contributed by atoms with E-state index >= 15 is 0 Å². The molecule has 0 saturated heterocycles. The highest BCUT2D eigenvalue weighted by Crippen LogP contribution is 2.32. The second-order valence-electron chi connectivity index (χ2n) is 4.78. The normalized spacial score (nSPS) is 13.9. The zero-order chi connectivity index (χ0) is 14.4. The number of aromatic nitrogens is 2. The Morgan fingerprint density at radius 1 is 1.15 bits per heavy atom. The molecule has 0 aliphatic rings. The lowest BCUT2D eigenvalue weighted by molar-refractivity contribution is 0.554. The Bertz CT molecular complexity index is 513. The third-order valence-corrected chi connectivity index (χ3v) is 4.59. The Balaban J connectivity index is 2.15. The highest BCUT2D eigenvalue weighted by molar-refractivity contribution is 7.99. The average molecular weight is 287 g/mol. The molecule has 106 valence electrons. The van der Waals surface area contributed by atoms with Crippen molar-refractivity contribution in [1.29, 1.82) is 0 Å². The maximum Gasteiger partial charge on any atom is 0.187 e. The number of aryl methyl sites for hydroxylation is 1. The first kappa shape index (κ1) is 15.0. The quantitative estimate of drug-likeness (QED) is 0.650. The summed E-state index contributed by atoms with van der Waals surface area (Å²) >= 11 is 1.74. The van der Waals surface area contributed by atoms with Gasteiger partial charge in [0.1, 0.15) is 0 Å². The molecule has 20 heavy (non-hydrogen) atoms. The minimum Gasteiger partial charge on any atom is -0.312 e. The Morgan fingerprint density at radius 2 is 1.80 bits per heavy atom. The standard InChI is InChI=1S/C16H21N3S/c1-4-14(20-16-18-10-12(2)11-19-16)15(17-3)13-8-6-5-7-9-13/h5-11,14-15,17H,4H2,1-3H3. The van der Waals surface area contributed by atoms with Gasteiger partial charge >= 0.3 is 0 Å². The van der Waals surface area contributed by atoms with E-state index in [0.29, 0.717) is 11.3 Å². The zero-order valence-electron chi connectivity index (χ0n) is 12.2. The lowest BCUT2D eigenvalue weighted by Crippen LogP contribution is -2.27. The number of hydrogen-bond acceptors (Lipinski definition) is 4. The van der Waals surface area contributed by atoms with Crippen LogP contribution in [-0.4, -0.2) is 22.3 Å². The van der Waals surface area contributed by atoms with E-state index in [1.165, 1.54) is 5.56 Å². The van der Waals surface area contributed by atoms with E-state index in [0.717, 1.165) is 17.1 Å². The maximum absolute atomic E-state index is 4.40. The molecule has 0 radical (unpaired) electrons. The van der Waals surface area contributed by atoms with Gasteiger partial charge in [-0.1, -0.05) is 49.0 Å². The molecule has 3 nitrogen and oxygen atoms in total. The van der Waals surface area contributed by atoms with Crippen LogP contribution in [0.25, 0.3) is 0 Å². The molecule has 2 rings (SSSR count). The smallest absolute Gasteiger partial charge is 0.187 e.